The van der Waals surface area contributed by atoms with Crippen molar-refractivity contribution in [1.82, 2.24) is 19.5 Å². The number of fused-ring (bicyclic) bond motifs is 1. The van der Waals surface area contributed by atoms with E-state index in [9.17, 15) is 0 Å². The van der Waals surface area contributed by atoms with Crippen molar-refractivity contribution < 1.29 is 0 Å². The lowest BCUT2D eigenvalue weighted by atomic mass is 10.0. The first-order chi connectivity index (χ1) is 11.7. The van der Waals surface area contributed by atoms with Gasteiger partial charge in [0.2, 0.25) is 0 Å². The van der Waals surface area contributed by atoms with Gasteiger partial charge >= 0.3 is 0 Å². The number of pyridine rings is 1. The summed E-state index contributed by atoms with van der Waals surface area (Å²) < 4.78 is 2.11. The van der Waals surface area contributed by atoms with E-state index < -0.39 is 0 Å². The summed E-state index contributed by atoms with van der Waals surface area (Å²) in [4.78, 5) is 13.9. The van der Waals surface area contributed by atoms with Gasteiger partial charge < -0.3 is 4.57 Å². The van der Waals surface area contributed by atoms with Crippen LogP contribution in [0.15, 0.2) is 42.0 Å². The van der Waals surface area contributed by atoms with Gasteiger partial charge in [-0.05, 0) is 44.5 Å². The summed E-state index contributed by atoms with van der Waals surface area (Å²) in [6, 6.07) is 8.48. The number of imidazole rings is 1. The van der Waals surface area contributed by atoms with Crippen LogP contribution in [0.3, 0.4) is 0 Å². The number of hydrogen-bond acceptors (Lipinski definition) is 4. The lowest BCUT2D eigenvalue weighted by molar-refractivity contribution is 0.768. The van der Waals surface area contributed by atoms with Crippen LogP contribution in [0, 0.1) is 13.8 Å². The molecule has 1 aromatic carbocycles. The lowest BCUT2D eigenvalue weighted by Crippen LogP contribution is -1.99. The Morgan fingerprint density at radius 3 is 2.71 bits per heavy atom. The number of benzene rings is 1. The van der Waals surface area contributed by atoms with Crippen LogP contribution < -0.4 is 0 Å². The molecule has 0 saturated heterocycles. The van der Waals surface area contributed by atoms with E-state index in [0.717, 1.165) is 45.2 Å². The molecule has 4 aromatic rings. The Kier molecular flexibility index (Phi) is 3.65. The van der Waals surface area contributed by atoms with Crippen LogP contribution >= 0.6 is 11.3 Å². The van der Waals surface area contributed by atoms with Crippen LogP contribution in [0.25, 0.3) is 33.7 Å². The number of nitrogens with zero attached hydrogens (tertiary/aromatic N) is 4. The van der Waals surface area contributed by atoms with Crippen molar-refractivity contribution in [2.75, 3.05) is 0 Å². The molecule has 0 atom stereocenters. The Morgan fingerprint density at radius 2 is 1.96 bits per heavy atom. The van der Waals surface area contributed by atoms with Crippen LogP contribution in [-0.4, -0.2) is 19.5 Å². The number of aryl methyl sites for hydroxylation is 3. The van der Waals surface area contributed by atoms with Gasteiger partial charge in [-0.2, -0.15) is 0 Å². The minimum absolute atomic E-state index is 0.885. The van der Waals surface area contributed by atoms with Crippen LogP contribution in [0.4, 0.5) is 0 Å². The summed E-state index contributed by atoms with van der Waals surface area (Å²) >= 11 is 1.68. The summed E-state index contributed by atoms with van der Waals surface area (Å²) in [6.45, 7) is 7.16. The highest BCUT2D eigenvalue weighted by atomic mass is 32.1. The normalized spacial score (nSPS) is 11.3. The lowest BCUT2D eigenvalue weighted by Gasteiger charge is -2.09. The number of thiazole rings is 1. The molecule has 0 bridgehead atoms. The highest BCUT2D eigenvalue weighted by Gasteiger charge is 2.11. The van der Waals surface area contributed by atoms with Gasteiger partial charge in [-0.15, -0.1) is 11.3 Å². The first-order valence-corrected chi connectivity index (χ1v) is 8.89. The van der Waals surface area contributed by atoms with Crippen molar-refractivity contribution >= 4 is 22.2 Å². The Morgan fingerprint density at radius 1 is 1.08 bits per heavy atom. The molecule has 4 nitrogen and oxygen atoms in total. The summed E-state index contributed by atoms with van der Waals surface area (Å²) in [5.74, 6) is 0.918. The topological polar surface area (TPSA) is 43.6 Å². The highest BCUT2D eigenvalue weighted by Crippen LogP contribution is 2.29. The fourth-order valence-electron chi connectivity index (χ4n) is 2.96. The molecular weight excluding hydrogens is 316 g/mol. The minimum atomic E-state index is 0.885. The average Bonchev–Trinajstić information content (AvgIpc) is 3.23. The second-order valence-electron chi connectivity index (χ2n) is 5.84. The summed E-state index contributed by atoms with van der Waals surface area (Å²) in [7, 11) is 0. The van der Waals surface area contributed by atoms with Gasteiger partial charge in [0.1, 0.15) is 5.69 Å². The van der Waals surface area contributed by atoms with Crippen molar-refractivity contribution in [3.63, 3.8) is 0 Å². The predicted molar refractivity (Wildman–Crippen MR) is 99.2 cm³/mol. The Bertz CT molecular complexity index is 1030. The number of rotatable bonds is 3. The molecule has 5 heteroatoms. The zero-order valence-corrected chi connectivity index (χ0v) is 14.8. The van der Waals surface area contributed by atoms with Crippen LogP contribution in [0.2, 0.25) is 0 Å². The fraction of sp³-hybridized carbons (Fsp3) is 0.211. The highest BCUT2D eigenvalue weighted by molar-refractivity contribution is 7.09. The van der Waals surface area contributed by atoms with Gasteiger partial charge in [0.15, 0.2) is 5.82 Å². The SMILES string of the molecule is CCn1ccnc1-c1cc(C)c2cc(-c3csc(C)n3)ccc2n1. The van der Waals surface area contributed by atoms with E-state index in [0.29, 0.717) is 0 Å². The maximum absolute atomic E-state index is 4.83. The fourth-order valence-corrected chi connectivity index (χ4v) is 3.58. The predicted octanol–water partition coefficient (Wildman–Crippen LogP) is 4.86. The third kappa shape index (κ3) is 2.51. The zero-order chi connectivity index (χ0) is 16.7. The van der Waals surface area contributed by atoms with Gasteiger partial charge in [0.05, 0.1) is 16.2 Å². The molecule has 0 spiro atoms. The van der Waals surface area contributed by atoms with E-state index in [4.69, 9.17) is 4.98 Å². The molecule has 0 unspecified atom stereocenters. The molecule has 0 aliphatic rings. The Labute approximate surface area is 144 Å². The first-order valence-electron chi connectivity index (χ1n) is 8.01. The molecule has 0 saturated carbocycles. The Hall–Kier alpha value is -2.53. The quantitative estimate of drug-likeness (QED) is 0.537. The van der Waals surface area contributed by atoms with E-state index in [2.05, 4.69) is 58.0 Å². The maximum atomic E-state index is 4.83. The molecule has 0 aliphatic heterocycles. The second kappa shape index (κ2) is 5.83. The van der Waals surface area contributed by atoms with Crippen molar-refractivity contribution in [3.05, 3.63) is 52.6 Å². The third-order valence-electron chi connectivity index (χ3n) is 4.22. The minimum Gasteiger partial charge on any atom is -0.330 e. The van der Waals surface area contributed by atoms with Crippen LogP contribution in [0.5, 0.6) is 0 Å². The van der Waals surface area contributed by atoms with Crippen molar-refractivity contribution in [2.45, 2.75) is 27.3 Å². The van der Waals surface area contributed by atoms with Crippen molar-refractivity contribution in [3.8, 4) is 22.8 Å². The van der Waals surface area contributed by atoms with Gasteiger partial charge in [0.25, 0.3) is 0 Å². The summed E-state index contributed by atoms with van der Waals surface area (Å²) in [5, 5.41) is 4.35. The number of hydrogen-bond donors (Lipinski definition) is 0. The molecule has 0 aliphatic carbocycles. The molecule has 0 amide bonds. The molecule has 0 fully saturated rings. The largest absolute Gasteiger partial charge is 0.330 e. The van der Waals surface area contributed by atoms with Crippen LogP contribution in [-0.2, 0) is 6.54 Å². The van der Waals surface area contributed by atoms with Crippen molar-refractivity contribution in [2.24, 2.45) is 0 Å². The molecular formula is C19H18N4S. The molecule has 120 valence electrons. The van der Waals surface area contributed by atoms with Gasteiger partial charge in [-0.3, -0.25) is 0 Å². The third-order valence-corrected chi connectivity index (χ3v) is 4.99. The molecule has 0 radical (unpaired) electrons. The molecule has 24 heavy (non-hydrogen) atoms. The van der Waals surface area contributed by atoms with E-state index in [1.54, 1.807) is 11.3 Å². The van der Waals surface area contributed by atoms with Gasteiger partial charge in [-0.1, -0.05) is 6.07 Å². The molecule has 4 rings (SSSR count). The molecule has 0 N–H and O–H groups in total. The second-order valence-corrected chi connectivity index (χ2v) is 6.91. The number of aromatic nitrogens is 4. The molecule has 3 aromatic heterocycles. The van der Waals surface area contributed by atoms with E-state index in [-0.39, 0.29) is 0 Å². The summed E-state index contributed by atoms with van der Waals surface area (Å²) in [5.41, 5.74) is 5.29. The standard InChI is InChI=1S/C19H18N4S/c1-4-23-8-7-20-19(23)17-9-12(2)15-10-14(5-6-16(15)22-17)18-11-24-13(3)21-18/h5-11H,4H2,1-3H3. The molecule has 3 heterocycles. The van der Waals surface area contributed by atoms with E-state index in [1.165, 1.54) is 5.56 Å². The van der Waals surface area contributed by atoms with Crippen LogP contribution in [0.1, 0.15) is 17.5 Å². The van der Waals surface area contributed by atoms with Gasteiger partial charge in [0, 0.05) is 35.3 Å². The zero-order valence-electron chi connectivity index (χ0n) is 13.9. The van der Waals surface area contributed by atoms with Crippen molar-refractivity contribution in [1.29, 1.82) is 0 Å². The maximum Gasteiger partial charge on any atom is 0.158 e. The first kappa shape index (κ1) is 15.0. The summed E-state index contributed by atoms with van der Waals surface area (Å²) in [6.07, 6.45) is 3.82. The average molecular weight is 334 g/mol. The van der Waals surface area contributed by atoms with Gasteiger partial charge in [-0.25, -0.2) is 15.0 Å². The van der Waals surface area contributed by atoms with E-state index in [1.807, 2.05) is 19.3 Å². The smallest absolute Gasteiger partial charge is 0.158 e. The monoisotopic (exact) mass is 334 g/mol. The Balaban J connectivity index is 1.85. The van der Waals surface area contributed by atoms with E-state index >= 15 is 0 Å².